The molecule has 0 atom stereocenters. The van der Waals surface area contributed by atoms with Gasteiger partial charge in [-0.15, -0.1) is 5.10 Å². The van der Waals surface area contributed by atoms with Gasteiger partial charge in [-0.05, 0) is 76.6 Å². The number of hydrogen-bond acceptors (Lipinski definition) is 6. The SMILES string of the molecule is CCOC(=O)c1cn(-c2ccc(-c3cn4ncccc4n3)cc2)nc1N(C(=O)C1CCC(C)CC1)C(C)C. The van der Waals surface area contributed by atoms with Crippen molar-refractivity contribution < 1.29 is 14.3 Å². The van der Waals surface area contributed by atoms with Gasteiger partial charge in [-0.1, -0.05) is 19.1 Å². The zero-order valence-corrected chi connectivity index (χ0v) is 22.4. The van der Waals surface area contributed by atoms with Gasteiger partial charge in [0.15, 0.2) is 11.5 Å². The Labute approximate surface area is 222 Å². The van der Waals surface area contributed by atoms with Crippen LogP contribution in [0.1, 0.15) is 63.7 Å². The third-order valence-corrected chi connectivity index (χ3v) is 7.20. The van der Waals surface area contributed by atoms with Crippen molar-refractivity contribution in [2.75, 3.05) is 11.5 Å². The predicted octanol–water partition coefficient (Wildman–Crippen LogP) is 5.33. The molecule has 0 N–H and O–H groups in total. The van der Waals surface area contributed by atoms with E-state index in [-0.39, 0.29) is 30.0 Å². The number of nitrogens with zero attached hydrogens (tertiary/aromatic N) is 6. The van der Waals surface area contributed by atoms with Crippen LogP contribution in [0.2, 0.25) is 0 Å². The second-order valence-corrected chi connectivity index (χ2v) is 10.3. The molecule has 9 heteroatoms. The normalized spacial score (nSPS) is 17.6. The molecular weight excluding hydrogens is 480 g/mol. The number of carbonyl (C=O) groups excluding carboxylic acids is 2. The van der Waals surface area contributed by atoms with Crippen LogP contribution in [0.3, 0.4) is 0 Å². The molecule has 198 valence electrons. The summed E-state index contributed by atoms with van der Waals surface area (Å²) in [6, 6.07) is 11.3. The van der Waals surface area contributed by atoms with Crippen LogP contribution in [-0.2, 0) is 9.53 Å². The standard InChI is InChI=1S/C29H34N6O3/c1-5-38-29(37)24-17-33(32-27(24)35(19(2)3)28(36)22-10-8-20(4)9-11-22)23-14-12-21(13-15-23)25-18-34-26(31-25)7-6-16-30-34/h6-7,12-20,22H,5,8-11H2,1-4H3. The molecule has 0 unspecified atom stereocenters. The van der Waals surface area contributed by atoms with Crippen molar-refractivity contribution in [3.05, 3.63) is 60.6 Å². The quantitative estimate of drug-likeness (QED) is 0.310. The number of rotatable bonds is 7. The van der Waals surface area contributed by atoms with Crippen LogP contribution in [0.15, 0.2) is 55.0 Å². The minimum atomic E-state index is -0.488. The summed E-state index contributed by atoms with van der Waals surface area (Å²) in [4.78, 5) is 33.0. The Morgan fingerprint density at radius 1 is 1.08 bits per heavy atom. The number of imidazole rings is 1. The second-order valence-electron chi connectivity index (χ2n) is 10.3. The molecule has 1 saturated carbocycles. The maximum atomic E-state index is 13.7. The van der Waals surface area contributed by atoms with E-state index in [0.29, 0.717) is 11.7 Å². The molecule has 0 saturated heterocycles. The van der Waals surface area contributed by atoms with Gasteiger partial charge in [-0.3, -0.25) is 9.69 Å². The monoisotopic (exact) mass is 514 g/mol. The molecule has 9 nitrogen and oxygen atoms in total. The fourth-order valence-corrected chi connectivity index (χ4v) is 5.09. The number of aromatic nitrogens is 5. The number of benzene rings is 1. The molecule has 38 heavy (non-hydrogen) atoms. The molecule has 4 aromatic rings. The highest BCUT2D eigenvalue weighted by Gasteiger charge is 2.34. The summed E-state index contributed by atoms with van der Waals surface area (Å²) in [5.41, 5.74) is 3.56. The Hall–Kier alpha value is -4.01. The van der Waals surface area contributed by atoms with Crippen LogP contribution >= 0.6 is 0 Å². The molecule has 0 aliphatic heterocycles. The van der Waals surface area contributed by atoms with Crippen LogP contribution < -0.4 is 4.90 Å². The van der Waals surface area contributed by atoms with E-state index < -0.39 is 5.97 Å². The van der Waals surface area contributed by atoms with Crippen LogP contribution in [-0.4, -0.2) is 48.9 Å². The highest BCUT2D eigenvalue weighted by Crippen LogP contribution is 2.33. The second kappa shape index (κ2) is 10.8. The summed E-state index contributed by atoms with van der Waals surface area (Å²) >= 11 is 0. The lowest BCUT2D eigenvalue weighted by molar-refractivity contribution is -0.124. The van der Waals surface area contributed by atoms with Gasteiger partial charge in [-0.2, -0.15) is 5.10 Å². The molecule has 1 fully saturated rings. The first kappa shape index (κ1) is 25.6. The van der Waals surface area contributed by atoms with Gasteiger partial charge in [0.25, 0.3) is 0 Å². The number of fused-ring (bicyclic) bond motifs is 1. The molecule has 5 rings (SSSR count). The molecule has 1 amide bonds. The molecule has 3 aromatic heterocycles. The Balaban J connectivity index is 1.48. The number of ether oxygens (including phenoxy) is 1. The highest BCUT2D eigenvalue weighted by molar-refractivity contribution is 6.02. The summed E-state index contributed by atoms with van der Waals surface area (Å²) in [6.07, 6.45) is 9.05. The van der Waals surface area contributed by atoms with Gasteiger partial charge < -0.3 is 4.74 Å². The maximum Gasteiger partial charge on any atom is 0.343 e. The minimum absolute atomic E-state index is 0.0264. The number of esters is 1. The first-order chi connectivity index (χ1) is 18.4. The summed E-state index contributed by atoms with van der Waals surface area (Å²) in [7, 11) is 0. The molecule has 0 bridgehead atoms. The van der Waals surface area contributed by atoms with Crippen molar-refractivity contribution in [1.29, 1.82) is 0 Å². The van der Waals surface area contributed by atoms with Gasteiger partial charge in [-0.25, -0.2) is 19.0 Å². The number of carbonyl (C=O) groups is 2. The van der Waals surface area contributed by atoms with Gasteiger partial charge in [0.2, 0.25) is 5.91 Å². The van der Waals surface area contributed by atoms with Crippen LogP contribution in [0.4, 0.5) is 5.82 Å². The van der Waals surface area contributed by atoms with E-state index in [1.54, 1.807) is 33.4 Å². The lowest BCUT2D eigenvalue weighted by Gasteiger charge is -2.32. The van der Waals surface area contributed by atoms with Gasteiger partial charge in [0.05, 0.1) is 24.2 Å². The summed E-state index contributed by atoms with van der Waals surface area (Å²) < 4.78 is 8.72. The number of anilines is 1. The Bertz CT molecular complexity index is 1400. The topological polar surface area (TPSA) is 94.6 Å². The van der Waals surface area contributed by atoms with Gasteiger partial charge >= 0.3 is 5.97 Å². The van der Waals surface area contributed by atoms with Crippen LogP contribution in [0.5, 0.6) is 0 Å². The van der Waals surface area contributed by atoms with E-state index >= 15 is 0 Å². The Kier molecular flexibility index (Phi) is 7.26. The van der Waals surface area contributed by atoms with E-state index in [0.717, 1.165) is 48.3 Å². The number of hydrogen-bond donors (Lipinski definition) is 0. The summed E-state index contributed by atoms with van der Waals surface area (Å²) in [5, 5.41) is 9.05. The first-order valence-electron chi connectivity index (χ1n) is 13.4. The Morgan fingerprint density at radius 3 is 2.47 bits per heavy atom. The first-order valence-corrected chi connectivity index (χ1v) is 13.4. The average Bonchev–Trinajstić information content (AvgIpc) is 3.54. The third kappa shape index (κ3) is 5.05. The molecule has 1 aliphatic carbocycles. The van der Waals surface area contributed by atoms with Crippen molar-refractivity contribution in [3.63, 3.8) is 0 Å². The van der Waals surface area contributed by atoms with Crippen molar-refractivity contribution in [2.24, 2.45) is 11.8 Å². The average molecular weight is 515 g/mol. The van der Waals surface area contributed by atoms with Crippen molar-refractivity contribution in [2.45, 2.75) is 59.4 Å². The van der Waals surface area contributed by atoms with E-state index in [1.807, 2.05) is 56.4 Å². The molecule has 0 radical (unpaired) electrons. The van der Waals surface area contributed by atoms with Gasteiger partial charge in [0, 0.05) is 29.9 Å². The number of amides is 1. The van der Waals surface area contributed by atoms with Crippen molar-refractivity contribution in [1.82, 2.24) is 24.4 Å². The van der Waals surface area contributed by atoms with E-state index in [4.69, 9.17) is 9.84 Å². The van der Waals surface area contributed by atoms with E-state index in [9.17, 15) is 9.59 Å². The fraction of sp³-hybridized carbons (Fsp3) is 0.414. The van der Waals surface area contributed by atoms with Crippen molar-refractivity contribution in [3.8, 4) is 16.9 Å². The lowest BCUT2D eigenvalue weighted by Crippen LogP contribution is -2.43. The maximum absolute atomic E-state index is 13.7. The zero-order chi connectivity index (χ0) is 26.8. The molecule has 1 aromatic carbocycles. The summed E-state index contributed by atoms with van der Waals surface area (Å²) in [5.74, 6) is 0.461. The molecule has 1 aliphatic rings. The zero-order valence-electron chi connectivity index (χ0n) is 22.4. The third-order valence-electron chi connectivity index (χ3n) is 7.20. The minimum Gasteiger partial charge on any atom is -0.462 e. The highest BCUT2D eigenvalue weighted by atomic mass is 16.5. The fourth-order valence-electron chi connectivity index (χ4n) is 5.09. The smallest absolute Gasteiger partial charge is 0.343 e. The van der Waals surface area contributed by atoms with Crippen LogP contribution in [0.25, 0.3) is 22.6 Å². The summed E-state index contributed by atoms with van der Waals surface area (Å²) in [6.45, 7) is 8.15. The van der Waals surface area contributed by atoms with Crippen molar-refractivity contribution >= 4 is 23.3 Å². The van der Waals surface area contributed by atoms with Gasteiger partial charge in [0.1, 0.15) is 5.56 Å². The van der Waals surface area contributed by atoms with Crippen LogP contribution in [0, 0.1) is 11.8 Å². The largest absolute Gasteiger partial charge is 0.462 e. The predicted molar refractivity (Wildman–Crippen MR) is 145 cm³/mol. The van der Waals surface area contributed by atoms with E-state index in [1.165, 1.54) is 0 Å². The lowest BCUT2D eigenvalue weighted by atomic mass is 9.82. The van der Waals surface area contributed by atoms with E-state index in [2.05, 4.69) is 17.0 Å². The molecular formula is C29H34N6O3. The Morgan fingerprint density at radius 2 is 1.82 bits per heavy atom. The molecule has 3 heterocycles. The molecule has 0 spiro atoms.